The number of hydrogen-bond donors (Lipinski definition) is 1. The van der Waals surface area contributed by atoms with Crippen LogP contribution in [0.3, 0.4) is 0 Å². The summed E-state index contributed by atoms with van der Waals surface area (Å²) in [6.07, 6.45) is 0. The average Bonchev–Trinajstić information content (AvgIpc) is 2.35. The van der Waals surface area contributed by atoms with Gasteiger partial charge in [0.25, 0.3) is 10.0 Å². The summed E-state index contributed by atoms with van der Waals surface area (Å²) in [7, 11) is -3.53. The van der Waals surface area contributed by atoms with Crippen molar-refractivity contribution in [2.75, 3.05) is 4.72 Å². The molecule has 0 amide bonds. The third kappa shape index (κ3) is 3.27. The van der Waals surface area contributed by atoms with E-state index in [1.54, 1.807) is 24.3 Å². The van der Waals surface area contributed by atoms with Crippen molar-refractivity contribution in [2.24, 2.45) is 0 Å². The van der Waals surface area contributed by atoms with Crippen LogP contribution in [0.25, 0.3) is 0 Å². The Bertz CT molecular complexity index is 711. The molecule has 5 heteroatoms. The average molecular weight is 387 g/mol. The summed E-state index contributed by atoms with van der Waals surface area (Å²) < 4.78 is 28.3. The lowest BCUT2D eigenvalue weighted by Crippen LogP contribution is -2.14. The predicted octanol–water partition coefficient (Wildman–Crippen LogP) is 3.71. The van der Waals surface area contributed by atoms with Gasteiger partial charge in [-0.15, -0.1) is 0 Å². The molecule has 2 aromatic rings. The van der Waals surface area contributed by atoms with Gasteiger partial charge in [0.15, 0.2) is 0 Å². The molecule has 2 rings (SSSR count). The van der Waals surface area contributed by atoms with E-state index in [0.29, 0.717) is 5.69 Å². The molecule has 100 valence electrons. The molecule has 0 heterocycles. The van der Waals surface area contributed by atoms with E-state index in [4.69, 9.17) is 0 Å². The van der Waals surface area contributed by atoms with Crippen LogP contribution in [-0.2, 0) is 10.0 Å². The van der Waals surface area contributed by atoms with Crippen LogP contribution in [0, 0.1) is 17.4 Å². The molecule has 2 aromatic carbocycles. The summed E-state index contributed by atoms with van der Waals surface area (Å²) >= 11 is 2.19. The Labute approximate surface area is 127 Å². The first-order valence-electron chi connectivity index (χ1n) is 5.75. The third-order valence-electron chi connectivity index (χ3n) is 2.81. The van der Waals surface area contributed by atoms with Crippen molar-refractivity contribution in [3.8, 4) is 0 Å². The first kappa shape index (κ1) is 14.3. The van der Waals surface area contributed by atoms with Gasteiger partial charge in [0.2, 0.25) is 0 Å². The lowest BCUT2D eigenvalue weighted by Gasteiger charge is -2.11. The van der Waals surface area contributed by atoms with Gasteiger partial charge < -0.3 is 0 Å². The number of hydrogen-bond acceptors (Lipinski definition) is 2. The Morgan fingerprint density at radius 1 is 1.05 bits per heavy atom. The van der Waals surface area contributed by atoms with Gasteiger partial charge in [0.05, 0.1) is 10.6 Å². The molecule has 3 nitrogen and oxygen atoms in total. The highest BCUT2D eigenvalue weighted by atomic mass is 127. The van der Waals surface area contributed by atoms with Gasteiger partial charge in [0.1, 0.15) is 0 Å². The maximum atomic E-state index is 12.3. The largest absolute Gasteiger partial charge is 0.279 e. The second kappa shape index (κ2) is 5.50. The molecule has 1 N–H and O–H groups in total. The summed E-state index contributed by atoms with van der Waals surface area (Å²) in [5, 5.41) is 0. The van der Waals surface area contributed by atoms with Crippen LogP contribution in [0.4, 0.5) is 5.69 Å². The van der Waals surface area contributed by atoms with E-state index in [-0.39, 0.29) is 4.90 Å². The van der Waals surface area contributed by atoms with Crippen LogP contribution < -0.4 is 4.72 Å². The van der Waals surface area contributed by atoms with Gasteiger partial charge in [0, 0.05) is 3.57 Å². The fourth-order valence-corrected chi connectivity index (χ4v) is 3.43. The Kier molecular flexibility index (Phi) is 4.15. The molecular weight excluding hydrogens is 373 g/mol. The van der Waals surface area contributed by atoms with Crippen LogP contribution >= 0.6 is 22.6 Å². The van der Waals surface area contributed by atoms with Crippen LogP contribution in [-0.4, -0.2) is 8.42 Å². The number of aryl methyl sites for hydroxylation is 1. The van der Waals surface area contributed by atoms with Crippen molar-refractivity contribution in [1.82, 2.24) is 0 Å². The zero-order valence-electron chi connectivity index (χ0n) is 10.6. The molecule has 0 bridgehead atoms. The predicted molar refractivity (Wildman–Crippen MR) is 85.9 cm³/mol. The lowest BCUT2D eigenvalue weighted by molar-refractivity contribution is 0.601. The first-order chi connectivity index (χ1) is 8.90. The van der Waals surface area contributed by atoms with Gasteiger partial charge in [-0.3, -0.25) is 4.72 Å². The molecule has 0 atom stereocenters. The molecule has 0 fully saturated rings. The second-order valence-electron chi connectivity index (χ2n) is 4.33. The quantitative estimate of drug-likeness (QED) is 0.817. The van der Waals surface area contributed by atoms with Crippen molar-refractivity contribution in [3.05, 3.63) is 57.2 Å². The molecule has 0 unspecified atom stereocenters. The van der Waals surface area contributed by atoms with Gasteiger partial charge >= 0.3 is 0 Å². The summed E-state index contributed by atoms with van der Waals surface area (Å²) in [5.74, 6) is 0. The molecule has 19 heavy (non-hydrogen) atoms. The highest BCUT2D eigenvalue weighted by Gasteiger charge is 2.15. The van der Waals surface area contributed by atoms with Crippen LogP contribution in [0.2, 0.25) is 0 Å². The molecule has 0 aliphatic carbocycles. The minimum atomic E-state index is -3.53. The number of anilines is 1. The van der Waals surface area contributed by atoms with E-state index in [2.05, 4.69) is 27.3 Å². The van der Waals surface area contributed by atoms with Crippen molar-refractivity contribution in [3.63, 3.8) is 0 Å². The Morgan fingerprint density at radius 2 is 1.74 bits per heavy atom. The molecule has 0 saturated heterocycles. The van der Waals surface area contributed by atoms with Crippen molar-refractivity contribution < 1.29 is 8.42 Å². The van der Waals surface area contributed by atoms with Gasteiger partial charge in [-0.25, -0.2) is 8.42 Å². The highest BCUT2D eigenvalue weighted by Crippen LogP contribution is 2.23. The SMILES string of the molecule is Cc1cccc(S(=O)(=O)Nc2cccc(I)c2C)c1. The van der Waals surface area contributed by atoms with E-state index in [1.807, 2.05) is 32.0 Å². The molecule has 0 saturated carbocycles. The van der Waals surface area contributed by atoms with E-state index in [1.165, 1.54) is 0 Å². The third-order valence-corrected chi connectivity index (χ3v) is 5.34. The summed E-state index contributed by atoms with van der Waals surface area (Å²) in [4.78, 5) is 0.283. The Morgan fingerprint density at radius 3 is 2.42 bits per heavy atom. The maximum absolute atomic E-state index is 12.3. The molecule has 0 aromatic heterocycles. The minimum absolute atomic E-state index is 0.283. The lowest BCUT2D eigenvalue weighted by atomic mass is 10.2. The zero-order valence-corrected chi connectivity index (χ0v) is 13.6. The van der Waals surface area contributed by atoms with E-state index >= 15 is 0 Å². The molecule has 0 radical (unpaired) electrons. The van der Waals surface area contributed by atoms with Gasteiger partial charge in [-0.2, -0.15) is 0 Å². The standard InChI is InChI=1S/C14H14INO2S/c1-10-5-3-6-12(9-10)19(17,18)16-14-8-4-7-13(15)11(14)2/h3-9,16H,1-2H3. The Hall–Kier alpha value is -1.08. The molecular formula is C14H14INO2S. The number of halogens is 1. The van der Waals surface area contributed by atoms with Crippen LogP contribution in [0.15, 0.2) is 47.4 Å². The normalized spacial score (nSPS) is 11.3. The zero-order chi connectivity index (χ0) is 14.0. The van der Waals surface area contributed by atoms with Crippen molar-refractivity contribution in [1.29, 1.82) is 0 Å². The Balaban J connectivity index is 2.39. The van der Waals surface area contributed by atoms with Crippen molar-refractivity contribution >= 4 is 38.3 Å². The fourth-order valence-electron chi connectivity index (χ4n) is 1.70. The molecule has 0 aliphatic heterocycles. The van der Waals surface area contributed by atoms with E-state index in [0.717, 1.165) is 14.7 Å². The summed E-state index contributed by atoms with van der Waals surface area (Å²) in [5.41, 5.74) is 2.47. The highest BCUT2D eigenvalue weighted by molar-refractivity contribution is 14.1. The van der Waals surface area contributed by atoms with Gasteiger partial charge in [-0.1, -0.05) is 18.2 Å². The van der Waals surface area contributed by atoms with Gasteiger partial charge in [-0.05, 0) is 71.8 Å². The van der Waals surface area contributed by atoms with E-state index in [9.17, 15) is 8.42 Å². The summed E-state index contributed by atoms with van der Waals surface area (Å²) in [6, 6.07) is 12.4. The summed E-state index contributed by atoms with van der Waals surface area (Å²) in [6.45, 7) is 3.77. The molecule has 0 aliphatic rings. The second-order valence-corrected chi connectivity index (χ2v) is 7.18. The topological polar surface area (TPSA) is 46.2 Å². The molecule has 0 spiro atoms. The smallest absolute Gasteiger partial charge is 0.261 e. The number of sulfonamides is 1. The monoisotopic (exact) mass is 387 g/mol. The van der Waals surface area contributed by atoms with Crippen LogP contribution in [0.5, 0.6) is 0 Å². The number of rotatable bonds is 3. The van der Waals surface area contributed by atoms with Crippen molar-refractivity contribution in [2.45, 2.75) is 18.7 Å². The first-order valence-corrected chi connectivity index (χ1v) is 8.31. The van der Waals surface area contributed by atoms with E-state index < -0.39 is 10.0 Å². The fraction of sp³-hybridized carbons (Fsp3) is 0.143. The van der Waals surface area contributed by atoms with Crippen LogP contribution in [0.1, 0.15) is 11.1 Å². The number of nitrogens with one attached hydrogen (secondary N) is 1. The minimum Gasteiger partial charge on any atom is -0.279 e. The maximum Gasteiger partial charge on any atom is 0.261 e. The number of benzene rings is 2.